The van der Waals surface area contributed by atoms with Crippen molar-refractivity contribution in [3.05, 3.63) is 41.2 Å². The average Bonchev–Trinajstić information content (AvgIpc) is 3.16. The van der Waals surface area contributed by atoms with Crippen molar-refractivity contribution >= 4 is 23.2 Å². The maximum atomic E-state index is 13.0. The fraction of sp³-hybridized carbons (Fsp3) is 0.476. The molecule has 0 saturated heterocycles. The van der Waals surface area contributed by atoms with Gasteiger partial charge in [0.25, 0.3) is 5.91 Å². The van der Waals surface area contributed by atoms with Crippen LogP contribution < -0.4 is 5.32 Å². The summed E-state index contributed by atoms with van der Waals surface area (Å²) in [6.07, 6.45) is 2.33. The van der Waals surface area contributed by atoms with Crippen LogP contribution in [-0.4, -0.2) is 29.0 Å². The summed E-state index contributed by atoms with van der Waals surface area (Å²) < 4.78 is 18.3. The van der Waals surface area contributed by atoms with Crippen LogP contribution in [0.25, 0.3) is 10.6 Å². The molecule has 3 rings (SSSR count). The Hall–Kier alpha value is -2.28. The highest BCUT2D eigenvalue weighted by Crippen LogP contribution is 2.29. The second-order valence-electron chi connectivity index (χ2n) is 7.47. The molecule has 1 saturated carbocycles. The molecule has 1 heterocycles. The van der Waals surface area contributed by atoms with Gasteiger partial charge in [-0.25, -0.2) is 14.2 Å². The number of carbonyl (C=O) groups excluding carboxylic acids is 2. The average molecular weight is 405 g/mol. The SMILES string of the molecule is C[C@@H]1[C@@H](C)CCC[C@H]1NC(=O)[C@@H](C)OC(=O)c1csc(-c2ccc(F)cc2)n1. The summed E-state index contributed by atoms with van der Waals surface area (Å²) in [5.41, 5.74) is 0.861. The van der Waals surface area contributed by atoms with Gasteiger partial charge < -0.3 is 10.1 Å². The number of hydrogen-bond acceptors (Lipinski definition) is 5. The number of nitrogens with zero attached hydrogens (tertiary/aromatic N) is 1. The smallest absolute Gasteiger partial charge is 0.358 e. The van der Waals surface area contributed by atoms with Gasteiger partial charge in [0.1, 0.15) is 10.8 Å². The lowest BCUT2D eigenvalue weighted by Crippen LogP contribution is -2.47. The first-order valence-corrected chi connectivity index (χ1v) is 10.5. The van der Waals surface area contributed by atoms with Crippen molar-refractivity contribution in [2.45, 2.75) is 52.2 Å². The molecule has 1 aliphatic rings. The Morgan fingerprint density at radius 3 is 2.68 bits per heavy atom. The fourth-order valence-corrected chi connectivity index (χ4v) is 4.25. The minimum atomic E-state index is -0.895. The van der Waals surface area contributed by atoms with Crippen molar-refractivity contribution in [1.82, 2.24) is 10.3 Å². The molecule has 0 radical (unpaired) electrons. The molecule has 0 aliphatic heterocycles. The zero-order valence-electron chi connectivity index (χ0n) is 16.3. The van der Waals surface area contributed by atoms with Crippen LogP contribution in [0.15, 0.2) is 29.6 Å². The van der Waals surface area contributed by atoms with Crippen LogP contribution in [0.4, 0.5) is 4.39 Å². The number of hydrogen-bond donors (Lipinski definition) is 1. The predicted molar refractivity (Wildman–Crippen MR) is 106 cm³/mol. The molecule has 0 spiro atoms. The Morgan fingerprint density at radius 2 is 1.96 bits per heavy atom. The van der Waals surface area contributed by atoms with Crippen LogP contribution in [0.2, 0.25) is 0 Å². The number of nitrogens with one attached hydrogen (secondary N) is 1. The van der Waals surface area contributed by atoms with E-state index < -0.39 is 12.1 Å². The number of amides is 1. The number of halogens is 1. The molecule has 7 heteroatoms. The van der Waals surface area contributed by atoms with Crippen LogP contribution in [0, 0.1) is 17.7 Å². The van der Waals surface area contributed by atoms with Gasteiger partial charge in [-0.15, -0.1) is 11.3 Å². The first-order chi connectivity index (χ1) is 13.3. The van der Waals surface area contributed by atoms with E-state index in [9.17, 15) is 14.0 Å². The molecule has 1 aromatic carbocycles. The van der Waals surface area contributed by atoms with Gasteiger partial charge in [0.15, 0.2) is 11.8 Å². The molecule has 5 nitrogen and oxygen atoms in total. The van der Waals surface area contributed by atoms with Gasteiger partial charge >= 0.3 is 5.97 Å². The molecule has 4 atom stereocenters. The number of thiazole rings is 1. The number of benzene rings is 1. The quantitative estimate of drug-likeness (QED) is 0.749. The van der Waals surface area contributed by atoms with E-state index in [-0.39, 0.29) is 23.5 Å². The highest BCUT2D eigenvalue weighted by atomic mass is 32.1. The third kappa shape index (κ3) is 4.76. The van der Waals surface area contributed by atoms with Gasteiger partial charge in [0, 0.05) is 17.0 Å². The highest BCUT2D eigenvalue weighted by molar-refractivity contribution is 7.13. The molecular weight excluding hydrogens is 379 g/mol. The first kappa shape index (κ1) is 20.5. The standard InChI is InChI=1S/C21H25FN2O3S/c1-12-5-4-6-17(13(12)2)23-19(25)14(3)27-21(26)18-11-28-20(24-18)15-7-9-16(22)10-8-15/h7-14,17H,4-6H2,1-3H3,(H,23,25)/t12-,13+,14+,17+/m0/s1. The molecular formula is C21H25FN2O3S. The van der Waals surface area contributed by atoms with E-state index in [4.69, 9.17) is 4.74 Å². The van der Waals surface area contributed by atoms with E-state index in [1.807, 2.05) is 0 Å². The summed E-state index contributed by atoms with van der Waals surface area (Å²) in [5.74, 6) is -0.290. The minimum Gasteiger partial charge on any atom is -0.448 e. The molecule has 1 aromatic heterocycles. The maximum Gasteiger partial charge on any atom is 0.358 e. The van der Waals surface area contributed by atoms with Gasteiger partial charge in [-0.1, -0.05) is 26.7 Å². The van der Waals surface area contributed by atoms with Crippen LogP contribution in [0.1, 0.15) is 50.5 Å². The summed E-state index contributed by atoms with van der Waals surface area (Å²) in [4.78, 5) is 29.0. The summed E-state index contributed by atoms with van der Waals surface area (Å²) in [6, 6.07) is 6.00. The van der Waals surface area contributed by atoms with E-state index in [1.54, 1.807) is 24.4 Å². The van der Waals surface area contributed by atoms with Crippen molar-refractivity contribution in [2.75, 3.05) is 0 Å². The summed E-state index contributed by atoms with van der Waals surface area (Å²) in [7, 11) is 0. The number of esters is 1. The first-order valence-electron chi connectivity index (χ1n) is 9.58. The summed E-state index contributed by atoms with van der Waals surface area (Å²) in [5, 5.41) is 5.19. The predicted octanol–water partition coefficient (Wildman–Crippen LogP) is 4.44. The molecule has 0 unspecified atom stereocenters. The summed E-state index contributed by atoms with van der Waals surface area (Å²) >= 11 is 1.27. The number of ether oxygens (including phenoxy) is 1. The highest BCUT2D eigenvalue weighted by Gasteiger charge is 2.30. The molecule has 1 fully saturated rings. The van der Waals surface area contributed by atoms with Crippen LogP contribution in [-0.2, 0) is 9.53 Å². The monoisotopic (exact) mass is 404 g/mol. The van der Waals surface area contributed by atoms with E-state index >= 15 is 0 Å². The lowest BCUT2D eigenvalue weighted by molar-refractivity contribution is -0.130. The largest absolute Gasteiger partial charge is 0.448 e. The lowest BCUT2D eigenvalue weighted by Gasteiger charge is -2.35. The van der Waals surface area contributed by atoms with Crippen molar-refractivity contribution in [3.63, 3.8) is 0 Å². The van der Waals surface area contributed by atoms with E-state index in [0.717, 1.165) is 18.4 Å². The Kier molecular flexibility index (Phi) is 6.44. The molecule has 150 valence electrons. The van der Waals surface area contributed by atoms with Crippen molar-refractivity contribution in [3.8, 4) is 10.6 Å². The Labute approximate surface area is 168 Å². The van der Waals surface area contributed by atoms with Crippen LogP contribution >= 0.6 is 11.3 Å². The number of aromatic nitrogens is 1. The third-order valence-electron chi connectivity index (χ3n) is 5.49. The zero-order valence-corrected chi connectivity index (χ0v) is 17.1. The minimum absolute atomic E-state index is 0.113. The molecule has 1 N–H and O–H groups in total. The maximum absolute atomic E-state index is 13.0. The molecule has 1 amide bonds. The van der Waals surface area contributed by atoms with Crippen LogP contribution in [0.5, 0.6) is 0 Å². The van der Waals surface area contributed by atoms with E-state index in [2.05, 4.69) is 24.1 Å². The molecule has 2 aromatic rings. The Morgan fingerprint density at radius 1 is 1.25 bits per heavy atom. The lowest BCUT2D eigenvalue weighted by atomic mass is 9.78. The topological polar surface area (TPSA) is 68.3 Å². The van der Waals surface area contributed by atoms with E-state index in [1.165, 1.54) is 29.9 Å². The van der Waals surface area contributed by atoms with Gasteiger partial charge in [-0.2, -0.15) is 0 Å². The van der Waals surface area contributed by atoms with Crippen LogP contribution in [0.3, 0.4) is 0 Å². The Bertz CT molecular complexity index is 836. The normalized spacial score (nSPS) is 23.1. The fourth-order valence-electron chi connectivity index (χ4n) is 3.45. The second kappa shape index (κ2) is 8.82. The number of carbonyl (C=O) groups is 2. The van der Waals surface area contributed by atoms with Crippen molar-refractivity contribution < 1.29 is 18.7 Å². The zero-order chi connectivity index (χ0) is 20.3. The number of rotatable bonds is 5. The molecule has 1 aliphatic carbocycles. The van der Waals surface area contributed by atoms with Gasteiger partial charge in [0.2, 0.25) is 0 Å². The summed E-state index contributed by atoms with van der Waals surface area (Å²) in [6.45, 7) is 5.92. The molecule has 28 heavy (non-hydrogen) atoms. The van der Waals surface area contributed by atoms with E-state index in [0.29, 0.717) is 16.8 Å². The van der Waals surface area contributed by atoms with Gasteiger partial charge in [-0.3, -0.25) is 4.79 Å². The third-order valence-corrected chi connectivity index (χ3v) is 6.38. The van der Waals surface area contributed by atoms with Crippen molar-refractivity contribution in [1.29, 1.82) is 0 Å². The van der Waals surface area contributed by atoms with Gasteiger partial charge in [-0.05, 0) is 49.4 Å². The Balaban J connectivity index is 1.58. The van der Waals surface area contributed by atoms with Crippen molar-refractivity contribution in [2.24, 2.45) is 11.8 Å². The molecule has 0 bridgehead atoms. The second-order valence-corrected chi connectivity index (χ2v) is 8.33. The van der Waals surface area contributed by atoms with Gasteiger partial charge in [0.05, 0.1) is 0 Å².